The number of cyclic esters (lactones) is 1. The highest BCUT2D eigenvalue weighted by Crippen LogP contribution is 2.54. The molecule has 104 valence electrons. The molecular weight excluding hydrogens is 228 g/mol. The number of ether oxygens (including phenoxy) is 2. The quantitative estimate of drug-likeness (QED) is 0.709. The van der Waals surface area contributed by atoms with E-state index in [2.05, 4.69) is 13.8 Å². The van der Waals surface area contributed by atoms with Gasteiger partial charge in [-0.25, -0.2) is 0 Å². The molecular formula is C15H26O3. The second kappa shape index (κ2) is 4.84. The maximum absolute atomic E-state index is 12.0. The fourth-order valence-electron chi connectivity index (χ4n) is 3.75. The van der Waals surface area contributed by atoms with Gasteiger partial charge in [-0.05, 0) is 38.5 Å². The lowest BCUT2D eigenvalue weighted by Crippen LogP contribution is -2.57. The van der Waals surface area contributed by atoms with Gasteiger partial charge in [-0.2, -0.15) is 0 Å². The van der Waals surface area contributed by atoms with Crippen molar-refractivity contribution in [1.29, 1.82) is 0 Å². The lowest BCUT2D eigenvalue weighted by atomic mass is 9.56. The average molecular weight is 254 g/mol. The number of fused-ring (bicyclic) bond motifs is 1. The zero-order valence-electron chi connectivity index (χ0n) is 12.2. The maximum atomic E-state index is 12.0. The molecule has 0 radical (unpaired) electrons. The van der Waals surface area contributed by atoms with E-state index in [1.54, 1.807) is 0 Å². The zero-order chi connectivity index (χ0) is 13.5. The van der Waals surface area contributed by atoms with Crippen LogP contribution in [0, 0.1) is 23.2 Å². The van der Waals surface area contributed by atoms with E-state index in [4.69, 9.17) is 9.47 Å². The van der Waals surface area contributed by atoms with Gasteiger partial charge in [-0.15, -0.1) is 0 Å². The van der Waals surface area contributed by atoms with Gasteiger partial charge in [0.05, 0.1) is 12.0 Å². The lowest BCUT2D eigenvalue weighted by molar-refractivity contribution is -0.274. The molecule has 0 aromatic carbocycles. The lowest BCUT2D eigenvalue weighted by Gasteiger charge is -2.54. The highest BCUT2D eigenvalue weighted by Gasteiger charge is 2.56. The van der Waals surface area contributed by atoms with Crippen molar-refractivity contribution in [3.8, 4) is 0 Å². The number of esters is 1. The van der Waals surface area contributed by atoms with Gasteiger partial charge >= 0.3 is 5.97 Å². The smallest absolute Gasteiger partial charge is 0.311 e. The molecule has 5 unspecified atom stereocenters. The Morgan fingerprint density at radius 2 is 2.00 bits per heavy atom. The first kappa shape index (κ1) is 13.9. The van der Waals surface area contributed by atoms with Gasteiger partial charge in [0.1, 0.15) is 0 Å². The highest BCUT2D eigenvalue weighted by atomic mass is 16.7. The van der Waals surface area contributed by atoms with Crippen LogP contribution in [0.4, 0.5) is 0 Å². The van der Waals surface area contributed by atoms with E-state index in [0.717, 1.165) is 6.42 Å². The molecule has 1 heterocycles. The number of hydrogen-bond donors (Lipinski definition) is 0. The van der Waals surface area contributed by atoms with E-state index in [1.165, 1.54) is 12.8 Å². The van der Waals surface area contributed by atoms with Gasteiger partial charge in [-0.1, -0.05) is 27.2 Å². The molecule has 2 fully saturated rings. The second-order valence-electron chi connectivity index (χ2n) is 6.55. The molecule has 0 bridgehead atoms. The van der Waals surface area contributed by atoms with Crippen LogP contribution >= 0.6 is 0 Å². The molecule has 1 saturated heterocycles. The van der Waals surface area contributed by atoms with E-state index in [9.17, 15) is 4.79 Å². The molecule has 3 nitrogen and oxygen atoms in total. The summed E-state index contributed by atoms with van der Waals surface area (Å²) < 4.78 is 11.5. The first-order chi connectivity index (χ1) is 8.37. The fourth-order valence-corrected chi connectivity index (χ4v) is 3.75. The summed E-state index contributed by atoms with van der Waals surface area (Å²) in [5.41, 5.74) is -0.0319. The molecule has 2 rings (SSSR count). The third-order valence-corrected chi connectivity index (χ3v) is 5.12. The third kappa shape index (κ3) is 2.07. The Labute approximate surface area is 110 Å². The van der Waals surface area contributed by atoms with Crippen molar-refractivity contribution < 1.29 is 14.3 Å². The van der Waals surface area contributed by atoms with E-state index in [0.29, 0.717) is 11.8 Å². The van der Waals surface area contributed by atoms with Crippen molar-refractivity contribution in [3.05, 3.63) is 0 Å². The SMILES string of the molecule is CC(C)OC1OC(=O)C(C)C2CCCC(C)C12C. The normalized spacial score (nSPS) is 44.7. The third-order valence-electron chi connectivity index (χ3n) is 5.12. The molecule has 0 spiro atoms. The topological polar surface area (TPSA) is 35.5 Å². The summed E-state index contributed by atoms with van der Waals surface area (Å²) in [7, 11) is 0. The summed E-state index contributed by atoms with van der Waals surface area (Å²) in [6.45, 7) is 10.5. The van der Waals surface area contributed by atoms with Crippen LogP contribution in [-0.4, -0.2) is 18.4 Å². The van der Waals surface area contributed by atoms with Crippen molar-refractivity contribution in [2.24, 2.45) is 23.2 Å². The van der Waals surface area contributed by atoms with Crippen LogP contribution < -0.4 is 0 Å². The second-order valence-corrected chi connectivity index (χ2v) is 6.55. The fraction of sp³-hybridized carbons (Fsp3) is 0.933. The number of hydrogen-bond acceptors (Lipinski definition) is 3. The highest BCUT2D eigenvalue weighted by molar-refractivity contribution is 5.73. The van der Waals surface area contributed by atoms with Crippen molar-refractivity contribution in [2.45, 2.75) is 66.3 Å². The van der Waals surface area contributed by atoms with Crippen LogP contribution in [0.25, 0.3) is 0 Å². The van der Waals surface area contributed by atoms with Crippen LogP contribution in [-0.2, 0) is 14.3 Å². The molecule has 0 aromatic heterocycles. The predicted octanol–water partition coefficient (Wildman–Crippen LogP) is 3.37. The van der Waals surface area contributed by atoms with E-state index >= 15 is 0 Å². The summed E-state index contributed by atoms with van der Waals surface area (Å²) in [5.74, 6) is 0.851. The molecule has 18 heavy (non-hydrogen) atoms. The Balaban J connectivity index is 2.31. The minimum absolute atomic E-state index is 0.00441. The number of carbonyl (C=O) groups is 1. The van der Waals surface area contributed by atoms with Crippen LogP contribution in [0.5, 0.6) is 0 Å². The Morgan fingerprint density at radius 3 is 2.61 bits per heavy atom. The molecule has 1 saturated carbocycles. The molecule has 3 heteroatoms. The first-order valence-corrected chi connectivity index (χ1v) is 7.23. The summed E-state index contributed by atoms with van der Waals surface area (Å²) in [4.78, 5) is 12.0. The molecule has 1 aliphatic heterocycles. The first-order valence-electron chi connectivity index (χ1n) is 7.23. The molecule has 5 atom stereocenters. The Kier molecular flexibility index (Phi) is 3.72. The van der Waals surface area contributed by atoms with Gasteiger partial charge in [0, 0.05) is 5.41 Å². The van der Waals surface area contributed by atoms with Gasteiger partial charge < -0.3 is 9.47 Å². The summed E-state index contributed by atoms with van der Waals surface area (Å²) in [6, 6.07) is 0. The van der Waals surface area contributed by atoms with Gasteiger partial charge in [0.2, 0.25) is 6.29 Å². The van der Waals surface area contributed by atoms with Crippen molar-refractivity contribution >= 4 is 5.97 Å². The average Bonchev–Trinajstić information content (AvgIpc) is 2.28. The minimum Gasteiger partial charge on any atom is -0.435 e. The largest absolute Gasteiger partial charge is 0.435 e. The van der Waals surface area contributed by atoms with Crippen LogP contribution in [0.15, 0.2) is 0 Å². The van der Waals surface area contributed by atoms with Crippen LogP contribution in [0.1, 0.15) is 53.9 Å². The van der Waals surface area contributed by atoms with Gasteiger partial charge in [0.15, 0.2) is 0 Å². The van der Waals surface area contributed by atoms with Crippen LogP contribution in [0.3, 0.4) is 0 Å². The van der Waals surface area contributed by atoms with Gasteiger partial charge in [0.25, 0.3) is 0 Å². The van der Waals surface area contributed by atoms with Crippen molar-refractivity contribution in [3.63, 3.8) is 0 Å². The number of carbonyl (C=O) groups excluding carboxylic acids is 1. The van der Waals surface area contributed by atoms with Crippen LogP contribution in [0.2, 0.25) is 0 Å². The molecule has 0 N–H and O–H groups in total. The minimum atomic E-state index is -0.374. The van der Waals surface area contributed by atoms with E-state index in [1.807, 2.05) is 20.8 Å². The van der Waals surface area contributed by atoms with E-state index in [-0.39, 0.29) is 29.7 Å². The summed E-state index contributed by atoms with van der Waals surface area (Å²) >= 11 is 0. The summed E-state index contributed by atoms with van der Waals surface area (Å²) in [5, 5.41) is 0. The Hall–Kier alpha value is -0.570. The van der Waals surface area contributed by atoms with Crippen molar-refractivity contribution in [2.75, 3.05) is 0 Å². The van der Waals surface area contributed by atoms with Gasteiger partial charge in [-0.3, -0.25) is 4.79 Å². The Bertz CT molecular complexity index is 326. The van der Waals surface area contributed by atoms with Crippen molar-refractivity contribution in [1.82, 2.24) is 0 Å². The maximum Gasteiger partial charge on any atom is 0.311 e. The van der Waals surface area contributed by atoms with E-state index < -0.39 is 0 Å². The molecule has 1 aliphatic carbocycles. The Morgan fingerprint density at radius 1 is 1.33 bits per heavy atom. The summed E-state index contributed by atoms with van der Waals surface area (Å²) in [6.07, 6.45) is 3.25. The monoisotopic (exact) mass is 254 g/mol. The molecule has 0 amide bonds. The molecule has 2 aliphatic rings. The number of rotatable bonds is 2. The predicted molar refractivity (Wildman–Crippen MR) is 69.9 cm³/mol. The molecule has 0 aromatic rings. The zero-order valence-corrected chi connectivity index (χ0v) is 12.2. The standard InChI is InChI=1S/C15H26O3/c1-9(2)17-14-15(5)10(3)7-6-8-12(15)11(4)13(16)18-14/h9-12,14H,6-8H2,1-5H3.